The van der Waals surface area contributed by atoms with Gasteiger partial charge in [0.15, 0.2) is 6.61 Å². The van der Waals surface area contributed by atoms with E-state index in [0.717, 1.165) is 11.4 Å². The zero-order valence-electron chi connectivity index (χ0n) is 11.2. The largest absolute Gasteiger partial charge is 0.484 e. The second kappa shape index (κ2) is 6.56. The minimum atomic E-state index is -0.490. The molecule has 0 saturated carbocycles. The van der Waals surface area contributed by atoms with E-state index < -0.39 is 5.91 Å². The van der Waals surface area contributed by atoms with Crippen LogP contribution in [0.15, 0.2) is 48.7 Å². The second-order valence-electron chi connectivity index (χ2n) is 4.40. The highest BCUT2D eigenvalue weighted by Crippen LogP contribution is 2.20. The topological polar surface area (TPSA) is 77.2 Å². The molecule has 1 aromatic heterocycles. The van der Waals surface area contributed by atoms with Crippen LogP contribution in [0.2, 0.25) is 0 Å². The van der Waals surface area contributed by atoms with E-state index in [1.54, 1.807) is 18.3 Å². The van der Waals surface area contributed by atoms with E-state index in [4.69, 9.17) is 10.5 Å². The summed E-state index contributed by atoms with van der Waals surface area (Å²) in [5.74, 6) is 0.121. The van der Waals surface area contributed by atoms with Crippen LogP contribution in [0, 0.1) is 0 Å². The van der Waals surface area contributed by atoms with Crippen molar-refractivity contribution in [3.8, 4) is 5.75 Å². The molecule has 1 heterocycles. The van der Waals surface area contributed by atoms with Gasteiger partial charge in [0.05, 0.1) is 11.7 Å². The monoisotopic (exact) mass is 271 g/mol. The van der Waals surface area contributed by atoms with Gasteiger partial charge in [-0.25, -0.2) is 0 Å². The van der Waals surface area contributed by atoms with Crippen LogP contribution in [-0.4, -0.2) is 17.5 Å². The van der Waals surface area contributed by atoms with Crippen molar-refractivity contribution in [2.75, 3.05) is 11.9 Å². The van der Waals surface area contributed by atoms with Gasteiger partial charge in [0.1, 0.15) is 5.75 Å². The van der Waals surface area contributed by atoms with Crippen molar-refractivity contribution in [1.29, 1.82) is 0 Å². The van der Waals surface area contributed by atoms with E-state index in [1.807, 2.05) is 37.3 Å². The van der Waals surface area contributed by atoms with Crippen LogP contribution in [0.25, 0.3) is 0 Å². The molecule has 1 unspecified atom stereocenters. The fraction of sp³-hybridized carbons (Fsp3) is 0.200. The van der Waals surface area contributed by atoms with E-state index >= 15 is 0 Å². The fourth-order valence-corrected chi connectivity index (χ4v) is 1.76. The molecule has 2 rings (SSSR count). The van der Waals surface area contributed by atoms with Crippen LogP contribution in [-0.2, 0) is 4.79 Å². The lowest BCUT2D eigenvalue weighted by atomic mass is 10.2. The quantitative estimate of drug-likeness (QED) is 0.843. The molecule has 0 aliphatic carbocycles. The van der Waals surface area contributed by atoms with Crippen molar-refractivity contribution in [3.05, 3.63) is 54.4 Å². The minimum absolute atomic E-state index is 0.105. The predicted octanol–water partition coefficient (Wildman–Crippen LogP) is 2.12. The molecule has 5 nitrogen and oxygen atoms in total. The number of pyridine rings is 1. The molecule has 0 radical (unpaired) electrons. The number of carbonyl (C=O) groups is 1. The van der Waals surface area contributed by atoms with E-state index in [1.165, 1.54) is 0 Å². The van der Waals surface area contributed by atoms with Crippen molar-refractivity contribution in [3.63, 3.8) is 0 Å². The minimum Gasteiger partial charge on any atom is -0.484 e. The number of nitrogens with two attached hydrogens (primary N) is 1. The van der Waals surface area contributed by atoms with Crippen molar-refractivity contribution < 1.29 is 9.53 Å². The molecule has 1 amide bonds. The summed E-state index contributed by atoms with van der Waals surface area (Å²) in [6, 6.07) is 13.3. The molecule has 0 aliphatic heterocycles. The molecular weight excluding hydrogens is 254 g/mol. The van der Waals surface area contributed by atoms with Crippen molar-refractivity contribution in [2.24, 2.45) is 5.73 Å². The predicted molar refractivity (Wildman–Crippen MR) is 77.4 cm³/mol. The number of nitrogens with zero attached hydrogens (tertiary/aromatic N) is 1. The first-order valence-electron chi connectivity index (χ1n) is 6.34. The molecular formula is C15H17N3O2. The van der Waals surface area contributed by atoms with Crippen LogP contribution in [0.4, 0.5) is 5.69 Å². The Morgan fingerprint density at radius 3 is 2.65 bits per heavy atom. The van der Waals surface area contributed by atoms with Crippen LogP contribution in [0.3, 0.4) is 0 Å². The van der Waals surface area contributed by atoms with Gasteiger partial charge in [-0.2, -0.15) is 0 Å². The zero-order chi connectivity index (χ0) is 14.4. The van der Waals surface area contributed by atoms with E-state index in [-0.39, 0.29) is 12.6 Å². The molecule has 3 N–H and O–H groups in total. The first kappa shape index (κ1) is 13.9. The molecule has 0 spiro atoms. The molecule has 0 bridgehead atoms. The van der Waals surface area contributed by atoms with Gasteiger partial charge in [-0.3, -0.25) is 9.78 Å². The Bertz CT molecular complexity index is 555. The highest BCUT2D eigenvalue weighted by molar-refractivity contribution is 5.75. The maximum Gasteiger partial charge on any atom is 0.255 e. The summed E-state index contributed by atoms with van der Waals surface area (Å²) in [5, 5.41) is 3.34. The summed E-state index contributed by atoms with van der Waals surface area (Å²) in [4.78, 5) is 14.9. The second-order valence-corrected chi connectivity index (χ2v) is 4.40. The Hall–Kier alpha value is -2.56. The number of anilines is 1. The Morgan fingerprint density at radius 2 is 2.05 bits per heavy atom. The van der Waals surface area contributed by atoms with Gasteiger partial charge in [0.25, 0.3) is 5.91 Å². The first-order chi connectivity index (χ1) is 9.65. The Kier molecular flexibility index (Phi) is 4.55. The molecule has 5 heteroatoms. The van der Waals surface area contributed by atoms with Gasteiger partial charge >= 0.3 is 0 Å². The lowest BCUT2D eigenvalue weighted by Crippen LogP contribution is -2.19. The molecule has 104 valence electrons. The van der Waals surface area contributed by atoms with Gasteiger partial charge < -0.3 is 15.8 Å². The number of primary amides is 1. The standard InChI is InChI=1S/C15H17N3O2/c1-11(14-4-2-3-9-17-14)18-12-5-7-13(8-6-12)20-10-15(16)19/h2-9,11,18H,10H2,1H3,(H2,16,19). The molecule has 0 fully saturated rings. The SMILES string of the molecule is CC(Nc1ccc(OCC(N)=O)cc1)c1ccccn1. The van der Waals surface area contributed by atoms with Crippen LogP contribution in [0.5, 0.6) is 5.75 Å². The van der Waals surface area contributed by atoms with Crippen LogP contribution in [0.1, 0.15) is 18.7 Å². The Morgan fingerprint density at radius 1 is 1.30 bits per heavy atom. The van der Waals surface area contributed by atoms with Crippen molar-refractivity contribution >= 4 is 11.6 Å². The van der Waals surface area contributed by atoms with Crippen LogP contribution >= 0.6 is 0 Å². The van der Waals surface area contributed by atoms with Gasteiger partial charge in [0, 0.05) is 11.9 Å². The Balaban J connectivity index is 1.95. The van der Waals surface area contributed by atoms with Gasteiger partial charge in [-0.15, -0.1) is 0 Å². The summed E-state index contributed by atoms with van der Waals surface area (Å²) in [7, 11) is 0. The third-order valence-electron chi connectivity index (χ3n) is 2.75. The third kappa shape index (κ3) is 3.98. The summed E-state index contributed by atoms with van der Waals surface area (Å²) < 4.78 is 5.20. The smallest absolute Gasteiger partial charge is 0.255 e. The number of benzene rings is 1. The van der Waals surface area contributed by atoms with Crippen molar-refractivity contribution in [2.45, 2.75) is 13.0 Å². The fourth-order valence-electron chi connectivity index (χ4n) is 1.76. The number of aromatic nitrogens is 1. The summed E-state index contributed by atoms with van der Waals surface area (Å²) in [6.07, 6.45) is 1.77. The summed E-state index contributed by atoms with van der Waals surface area (Å²) in [5.41, 5.74) is 6.94. The molecule has 20 heavy (non-hydrogen) atoms. The average molecular weight is 271 g/mol. The lowest BCUT2D eigenvalue weighted by molar-refractivity contribution is -0.119. The first-order valence-corrected chi connectivity index (χ1v) is 6.34. The van der Waals surface area contributed by atoms with Crippen LogP contribution < -0.4 is 15.8 Å². The summed E-state index contributed by atoms with van der Waals surface area (Å²) in [6.45, 7) is 1.93. The number of nitrogens with one attached hydrogen (secondary N) is 1. The Labute approximate surface area is 117 Å². The number of amides is 1. The van der Waals surface area contributed by atoms with E-state index in [0.29, 0.717) is 5.75 Å². The highest BCUT2D eigenvalue weighted by atomic mass is 16.5. The third-order valence-corrected chi connectivity index (χ3v) is 2.75. The van der Waals surface area contributed by atoms with E-state index in [9.17, 15) is 4.79 Å². The maximum absolute atomic E-state index is 10.6. The number of ether oxygens (including phenoxy) is 1. The number of hydrogen-bond donors (Lipinski definition) is 2. The number of rotatable bonds is 6. The highest BCUT2D eigenvalue weighted by Gasteiger charge is 2.06. The molecule has 0 saturated heterocycles. The normalized spacial score (nSPS) is 11.7. The average Bonchev–Trinajstić information content (AvgIpc) is 2.47. The lowest BCUT2D eigenvalue weighted by Gasteiger charge is -2.15. The molecule has 1 atom stereocenters. The van der Waals surface area contributed by atoms with E-state index in [2.05, 4.69) is 10.3 Å². The van der Waals surface area contributed by atoms with Gasteiger partial charge in [-0.1, -0.05) is 6.07 Å². The maximum atomic E-state index is 10.6. The molecule has 2 aromatic rings. The number of carbonyl (C=O) groups excluding carboxylic acids is 1. The zero-order valence-corrected chi connectivity index (χ0v) is 11.2. The number of hydrogen-bond acceptors (Lipinski definition) is 4. The van der Waals surface area contributed by atoms with Gasteiger partial charge in [0.2, 0.25) is 0 Å². The summed E-state index contributed by atoms with van der Waals surface area (Å²) >= 11 is 0. The molecule has 1 aromatic carbocycles. The molecule has 0 aliphatic rings. The van der Waals surface area contributed by atoms with Gasteiger partial charge in [-0.05, 0) is 43.3 Å². The van der Waals surface area contributed by atoms with Crippen molar-refractivity contribution in [1.82, 2.24) is 4.98 Å².